The number of anilines is 4. The molecule has 8 nitrogen and oxygen atoms in total. The second kappa shape index (κ2) is 9.80. The number of nitrogens with zero attached hydrogens (tertiary/aromatic N) is 3. The Hall–Kier alpha value is -3.52. The number of pyridine rings is 1. The van der Waals surface area contributed by atoms with Gasteiger partial charge in [-0.3, -0.25) is 9.78 Å². The normalized spacial score (nSPS) is 11.8. The highest BCUT2D eigenvalue weighted by Crippen LogP contribution is 2.24. The van der Waals surface area contributed by atoms with Gasteiger partial charge in [-0.05, 0) is 42.3 Å². The van der Waals surface area contributed by atoms with E-state index >= 15 is 0 Å². The molecule has 156 valence electrons. The lowest BCUT2D eigenvalue weighted by Crippen LogP contribution is -2.30. The van der Waals surface area contributed by atoms with Crippen LogP contribution in [0.3, 0.4) is 0 Å². The van der Waals surface area contributed by atoms with E-state index in [1.807, 2.05) is 56.3 Å². The van der Waals surface area contributed by atoms with Gasteiger partial charge in [-0.25, -0.2) is 4.98 Å². The molecule has 0 aliphatic rings. The molecule has 1 amide bonds. The summed E-state index contributed by atoms with van der Waals surface area (Å²) in [6.45, 7) is 5.49. The number of aromatic nitrogens is 3. The Morgan fingerprint density at radius 3 is 2.43 bits per heavy atom. The summed E-state index contributed by atoms with van der Waals surface area (Å²) in [6, 6.07) is 12.8. The second-order valence-electron chi connectivity index (χ2n) is 7.26. The Morgan fingerprint density at radius 2 is 1.83 bits per heavy atom. The highest BCUT2D eigenvalue weighted by atomic mass is 16.3. The van der Waals surface area contributed by atoms with Gasteiger partial charge in [0.2, 0.25) is 11.9 Å². The van der Waals surface area contributed by atoms with Crippen molar-refractivity contribution >= 4 is 29.0 Å². The molecule has 0 radical (unpaired) electrons. The third-order valence-corrected chi connectivity index (χ3v) is 4.48. The van der Waals surface area contributed by atoms with Crippen molar-refractivity contribution in [3.8, 4) is 11.3 Å². The van der Waals surface area contributed by atoms with E-state index in [2.05, 4.69) is 30.9 Å². The Bertz CT molecular complexity index is 977. The van der Waals surface area contributed by atoms with Gasteiger partial charge >= 0.3 is 0 Å². The lowest BCUT2D eigenvalue weighted by Gasteiger charge is -2.20. The molecule has 0 saturated heterocycles. The number of aliphatic hydroxyl groups excluding tert-OH is 1. The van der Waals surface area contributed by atoms with Crippen molar-refractivity contribution in [2.24, 2.45) is 5.92 Å². The van der Waals surface area contributed by atoms with Crippen LogP contribution in [-0.4, -0.2) is 38.6 Å². The highest BCUT2D eigenvalue weighted by Gasteiger charge is 2.15. The van der Waals surface area contributed by atoms with Gasteiger partial charge < -0.3 is 21.1 Å². The van der Waals surface area contributed by atoms with Gasteiger partial charge in [-0.2, -0.15) is 4.98 Å². The van der Waals surface area contributed by atoms with Gasteiger partial charge in [0.05, 0.1) is 18.3 Å². The fourth-order valence-corrected chi connectivity index (χ4v) is 2.81. The molecule has 0 aliphatic carbocycles. The van der Waals surface area contributed by atoms with Crippen molar-refractivity contribution in [2.45, 2.75) is 26.8 Å². The minimum absolute atomic E-state index is 0.0223. The van der Waals surface area contributed by atoms with Gasteiger partial charge in [0.25, 0.3) is 0 Å². The summed E-state index contributed by atoms with van der Waals surface area (Å²) >= 11 is 0. The molecule has 0 bridgehead atoms. The molecule has 3 aromatic rings. The van der Waals surface area contributed by atoms with Crippen molar-refractivity contribution in [1.82, 2.24) is 15.0 Å². The van der Waals surface area contributed by atoms with E-state index in [9.17, 15) is 9.90 Å². The largest absolute Gasteiger partial charge is 0.394 e. The van der Waals surface area contributed by atoms with Crippen LogP contribution in [0.4, 0.5) is 23.1 Å². The third-order valence-electron chi connectivity index (χ3n) is 4.48. The summed E-state index contributed by atoms with van der Waals surface area (Å²) in [5.41, 5.74) is 3.10. The van der Waals surface area contributed by atoms with Crippen LogP contribution in [0.1, 0.15) is 20.8 Å². The predicted octanol–water partition coefficient (Wildman–Crippen LogP) is 3.67. The van der Waals surface area contributed by atoms with Crippen molar-refractivity contribution in [3.63, 3.8) is 0 Å². The van der Waals surface area contributed by atoms with Crippen LogP contribution in [-0.2, 0) is 4.79 Å². The number of aliphatic hydroxyl groups is 1. The van der Waals surface area contributed by atoms with Crippen molar-refractivity contribution in [1.29, 1.82) is 0 Å². The fraction of sp³-hybridized carbons (Fsp3) is 0.273. The maximum atomic E-state index is 11.2. The third kappa shape index (κ3) is 5.74. The molecule has 0 saturated carbocycles. The standard InChI is InChI=1S/C22H26N6O2/c1-14(2)20(13-29)27-22-26-19(16-5-4-10-23-12-16)11-21(28-22)25-18-8-6-17(7-9-18)24-15(3)30/h4-12,14,20,29H,13H2,1-3H3,(H,24,30)(H2,25,26,27,28)/t20-/m0/s1. The first-order valence-corrected chi connectivity index (χ1v) is 9.76. The summed E-state index contributed by atoms with van der Waals surface area (Å²) in [4.78, 5) is 24.5. The lowest BCUT2D eigenvalue weighted by atomic mass is 10.1. The van der Waals surface area contributed by atoms with E-state index in [4.69, 9.17) is 0 Å². The number of hydrogen-bond donors (Lipinski definition) is 4. The Morgan fingerprint density at radius 1 is 1.10 bits per heavy atom. The summed E-state index contributed by atoms with van der Waals surface area (Å²) < 4.78 is 0. The summed E-state index contributed by atoms with van der Waals surface area (Å²) in [5.74, 6) is 1.10. The van der Waals surface area contributed by atoms with Crippen LogP contribution in [0, 0.1) is 5.92 Å². The number of benzene rings is 1. The van der Waals surface area contributed by atoms with Crippen molar-refractivity contribution < 1.29 is 9.90 Å². The van der Waals surface area contributed by atoms with Crippen molar-refractivity contribution in [2.75, 3.05) is 22.6 Å². The minimum atomic E-state index is -0.168. The van der Waals surface area contributed by atoms with Crippen LogP contribution >= 0.6 is 0 Å². The van der Waals surface area contributed by atoms with E-state index < -0.39 is 0 Å². The Labute approximate surface area is 175 Å². The number of nitrogens with one attached hydrogen (secondary N) is 3. The van der Waals surface area contributed by atoms with Crippen LogP contribution < -0.4 is 16.0 Å². The molecular weight excluding hydrogens is 380 g/mol. The van der Waals surface area contributed by atoms with Gasteiger partial charge in [0, 0.05) is 42.3 Å². The van der Waals surface area contributed by atoms with Gasteiger partial charge in [-0.15, -0.1) is 0 Å². The molecule has 4 N–H and O–H groups in total. The fourth-order valence-electron chi connectivity index (χ4n) is 2.81. The number of amides is 1. The quantitative estimate of drug-likeness (QED) is 0.451. The Kier molecular flexibility index (Phi) is 6.92. The molecule has 2 heterocycles. The highest BCUT2D eigenvalue weighted by molar-refractivity contribution is 5.88. The molecule has 8 heteroatoms. The minimum Gasteiger partial charge on any atom is -0.394 e. The molecule has 0 spiro atoms. The second-order valence-corrected chi connectivity index (χ2v) is 7.26. The number of carbonyl (C=O) groups is 1. The molecule has 2 aromatic heterocycles. The molecule has 1 aromatic carbocycles. The number of carbonyl (C=O) groups excluding carboxylic acids is 1. The topological polar surface area (TPSA) is 112 Å². The van der Waals surface area contributed by atoms with Crippen LogP contribution in [0.2, 0.25) is 0 Å². The average Bonchev–Trinajstić information content (AvgIpc) is 2.73. The van der Waals surface area contributed by atoms with E-state index in [1.54, 1.807) is 12.4 Å². The first kappa shape index (κ1) is 21.2. The molecule has 3 rings (SSSR count). The van der Waals surface area contributed by atoms with Gasteiger partial charge in [-0.1, -0.05) is 13.8 Å². The zero-order valence-electron chi connectivity index (χ0n) is 17.3. The zero-order chi connectivity index (χ0) is 21.5. The van der Waals surface area contributed by atoms with E-state index in [0.717, 1.165) is 16.9 Å². The maximum Gasteiger partial charge on any atom is 0.225 e. The smallest absolute Gasteiger partial charge is 0.225 e. The monoisotopic (exact) mass is 406 g/mol. The van der Waals surface area contributed by atoms with E-state index in [0.29, 0.717) is 17.5 Å². The molecule has 1 atom stereocenters. The molecule has 0 fully saturated rings. The molecular formula is C22H26N6O2. The number of rotatable bonds is 8. The Balaban J connectivity index is 1.90. The van der Waals surface area contributed by atoms with E-state index in [1.165, 1.54) is 6.92 Å². The summed E-state index contributed by atoms with van der Waals surface area (Å²) in [6.07, 6.45) is 3.45. The summed E-state index contributed by atoms with van der Waals surface area (Å²) in [7, 11) is 0. The lowest BCUT2D eigenvalue weighted by molar-refractivity contribution is -0.114. The average molecular weight is 406 g/mol. The predicted molar refractivity (Wildman–Crippen MR) is 119 cm³/mol. The maximum absolute atomic E-state index is 11.2. The van der Waals surface area contributed by atoms with Crippen molar-refractivity contribution in [3.05, 3.63) is 54.9 Å². The van der Waals surface area contributed by atoms with E-state index in [-0.39, 0.29) is 24.5 Å². The SMILES string of the molecule is CC(=O)Nc1ccc(Nc2cc(-c3cccnc3)nc(N[C@@H](CO)C(C)C)n2)cc1. The van der Waals surface area contributed by atoms with Crippen LogP contribution in [0.25, 0.3) is 11.3 Å². The summed E-state index contributed by atoms with van der Waals surface area (Å²) in [5, 5.41) is 18.9. The molecule has 30 heavy (non-hydrogen) atoms. The molecule has 0 aliphatic heterocycles. The zero-order valence-corrected chi connectivity index (χ0v) is 17.3. The molecule has 0 unspecified atom stereocenters. The van der Waals surface area contributed by atoms with Crippen LogP contribution in [0.5, 0.6) is 0 Å². The first-order valence-electron chi connectivity index (χ1n) is 9.76. The first-order chi connectivity index (χ1) is 14.4. The van der Waals surface area contributed by atoms with Crippen LogP contribution in [0.15, 0.2) is 54.9 Å². The van der Waals surface area contributed by atoms with Gasteiger partial charge in [0.1, 0.15) is 5.82 Å². The number of hydrogen-bond acceptors (Lipinski definition) is 7. The van der Waals surface area contributed by atoms with Gasteiger partial charge in [0.15, 0.2) is 0 Å².